The maximum atomic E-state index is 13.2. The molecule has 4 aromatic rings. The van der Waals surface area contributed by atoms with E-state index in [0.29, 0.717) is 0 Å². The molecular formula is C19H23N9O13P2. The summed E-state index contributed by atoms with van der Waals surface area (Å²) in [4.78, 5) is 64.3. The molecule has 9 N–H and O–H groups in total. The molecule has 2 fully saturated rings. The summed E-state index contributed by atoms with van der Waals surface area (Å²) in [6.45, 7) is -1.62. The number of anilines is 1. The van der Waals surface area contributed by atoms with Crippen LogP contribution in [0.4, 0.5) is 5.95 Å². The van der Waals surface area contributed by atoms with Gasteiger partial charge in [-0.2, -0.15) is 4.98 Å². The number of phosphoric ester groups is 1. The molecule has 0 radical (unpaired) electrons. The van der Waals surface area contributed by atoms with E-state index in [0.717, 1.165) is 28.1 Å². The molecule has 0 aromatic carbocycles. The lowest BCUT2D eigenvalue weighted by atomic mass is 10.1. The highest BCUT2D eigenvalue weighted by molar-refractivity contribution is 7.47. The third-order valence-electron chi connectivity index (χ3n) is 7.05. The van der Waals surface area contributed by atoms with E-state index in [2.05, 4.69) is 34.4 Å². The summed E-state index contributed by atoms with van der Waals surface area (Å²) >= 11 is 0. The van der Waals surface area contributed by atoms with E-state index in [1.165, 1.54) is 0 Å². The minimum absolute atomic E-state index is 0.125. The van der Waals surface area contributed by atoms with E-state index < -0.39 is 82.7 Å². The van der Waals surface area contributed by atoms with Crippen molar-refractivity contribution in [2.75, 3.05) is 18.9 Å². The predicted octanol–water partition coefficient (Wildman–Crippen LogP) is -3.23. The first-order chi connectivity index (χ1) is 20.2. The van der Waals surface area contributed by atoms with Crippen molar-refractivity contribution in [2.45, 2.75) is 42.3 Å². The first-order valence-corrected chi connectivity index (χ1v) is 14.9. The Kier molecular flexibility index (Phi) is 7.14. The number of rotatable bonds is 11. The molecule has 4 aromatic heterocycles. The second-order valence-corrected chi connectivity index (χ2v) is 11.9. The SMILES string of the molecule is Nc1nc2c(ncn2[C@@H]2O[C@@H]3C(O)[C@]3(O)[C@H]2OP(=O)(O)OC[C@@](O)(CCO[PH](=O)O)n2cnc3c(=O)[nH]cnc32)c(=O)[nH]1. The number of nitrogens with two attached hydrogens (primary N) is 1. The van der Waals surface area contributed by atoms with Gasteiger partial charge in [-0.25, -0.2) is 19.5 Å². The topological polar surface area (TPSA) is 325 Å². The highest BCUT2D eigenvalue weighted by atomic mass is 31.2. The molecule has 1 aliphatic heterocycles. The second-order valence-electron chi connectivity index (χ2n) is 9.69. The van der Waals surface area contributed by atoms with Crippen LogP contribution in [0.3, 0.4) is 0 Å². The summed E-state index contributed by atoms with van der Waals surface area (Å²) < 4.78 is 46.9. The van der Waals surface area contributed by atoms with Crippen LogP contribution >= 0.6 is 16.1 Å². The van der Waals surface area contributed by atoms with E-state index in [4.69, 9.17) is 24.4 Å². The number of phosphoric acid groups is 1. The van der Waals surface area contributed by atoms with Gasteiger partial charge in [0.05, 0.1) is 25.6 Å². The van der Waals surface area contributed by atoms with Gasteiger partial charge in [-0.1, -0.05) is 0 Å². The summed E-state index contributed by atoms with van der Waals surface area (Å²) in [6, 6.07) is 0. The molecule has 5 heterocycles. The highest BCUT2D eigenvalue weighted by Gasteiger charge is 2.78. The second kappa shape index (κ2) is 10.4. The Hall–Kier alpha value is -3.40. The zero-order valence-corrected chi connectivity index (χ0v) is 23.3. The predicted molar refractivity (Wildman–Crippen MR) is 138 cm³/mol. The number of H-pyrrole nitrogens is 2. The Morgan fingerprint density at radius 1 is 1.21 bits per heavy atom. The summed E-state index contributed by atoms with van der Waals surface area (Å²) in [6.07, 6.45) is -3.52. The van der Waals surface area contributed by atoms with Gasteiger partial charge >= 0.3 is 16.1 Å². The molecule has 24 heteroatoms. The Bertz CT molecular complexity index is 1910. The van der Waals surface area contributed by atoms with E-state index in [9.17, 15) is 38.9 Å². The Morgan fingerprint density at radius 2 is 1.93 bits per heavy atom. The molecule has 22 nitrogen and oxygen atoms in total. The lowest BCUT2D eigenvalue weighted by Gasteiger charge is -2.31. The van der Waals surface area contributed by atoms with E-state index in [1.807, 2.05) is 0 Å². The normalized spacial score (nSPS) is 28.5. The monoisotopic (exact) mass is 647 g/mol. The molecule has 1 saturated carbocycles. The van der Waals surface area contributed by atoms with E-state index >= 15 is 0 Å². The third kappa shape index (κ3) is 5.01. The van der Waals surface area contributed by atoms with Crippen LogP contribution in [0.2, 0.25) is 0 Å². The van der Waals surface area contributed by atoms with Crippen LogP contribution in [0.5, 0.6) is 0 Å². The molecule has 1 saturated heterocycles. The van der Waals surface area contributed by atoms with Crippen LogP contribution in [0.25, 0.3) is 22.3 Å². The quantitative estimate of drug-likeness (QED) is 0.0742. The summed E-state index contributed by atoms with van der Waals surface area (Å²) in [5, 5.41) is 32.7. The molecule has 0 amide bonds. The van der Waals surface area contributed by atoms with Gasteiger partial charge in [0, 0.05) is 6.42 Å². The summed E-state index contributed by atoms with van der Waals surface area (Å²) in [5.74, 6) is -0.284. The van der Waals surface area contributed by atoms with Gasteiger partial charge in [-0.3, -0.25) is 37.3 Å². The fraction of sp³-hybridized carbons (Fsp3) is 0.474. The summed E-state index contributed by atoms with van der Waals surface area (Å²) in [7, 11) is -8.71. The molecule has 43 heavy (non-hydrogen) atoms. The van der Waals surface area contributed by atoms with Crippen LogP contribution < -0.4 is 16.9 Å². The van der Waals surface area contributed by atoms with Crippen molar-refractivity contribution in [2.24, 2.45) is 0 Å². The fourth-order valence-electron chi connectivity index (χ4n) is 4.86. The number of aromatic amines is 2. The average molecular weight is 647 g/mol. The van der Waals surface area contributed by atoms with Gasteiger partial charge in [0.15, 0.2) is 39.9 Å². The molecule has 2 aliphatic rings. The third-order valence-corrected chi connectivity index (χ3v) is 8.45. The van der Waals surface area contributed by atoms with Crippen LogP contribution in [0.15, 0.2) is 28.6 Å². The van der Waals surface area contributed by atoms with Crippen LogP contribution in [-0.2, 0) is 33.2 Å². The van der Waals surface area contributed by atoms with Crippen LogP contribution in [0, 0.1) is 0 Å². The number of nitrogen functional groups attached to an aromatic ring is 1. The van der Waals surface area contributed by atoms with Gasteiger partial charge in [0.1, 0.15) is 24.9 Å². The number of nitrogens with one attached hydrogen (secondary N) is 2. The minimum atomic E-state index is -5.28. The highest BCUT2D eigenvalue weighted by Crippen LogP contribution is 2.60. The van der Waals surface area contributed by atoms with Gasteiger partial charge in [0.25, 0.3) is 11.1 Å². The standard InChI is InChI=1S/C19H23N9O13P2/c20-17-25-13-8(15(31)26-17)23-5-27(13)16-11(19(33)9(29)10(19)40-16)41-43(36,37)39-3-18(32,1-2-38-42(34)35)28-6-24-7-12(28)21-4-22-14(7)30/h4-6,9-11,16,29,32-33,42H,1-3H2,(H,34,35)(H,36,37)(H,21,22,30)(H3,20,25,26,31)/t9?,10-,11+,16-,18+,19-/m1/s1. The van der Waals surface area contributed by atoms with E-state index in [-0.39, 0.29) is 28.3 Å². The smallest absolute Gasteiger partial charge is 0.387 e. The van der Waals surface area contributed by atoms with Crippen molar-refractivity contribution in [3.8, 4) is 0 Å². The molecular weight excluding hydrogens is 624 g/mol. The lowest BCUT2D eigenvalue weighted by molar-refractivity contribution is -0.111. The van der Waals surface area contributed by atoms with Crippen molar-refractivity contribution in [3.05, 3.63) is 39.7 Å². The molecule has 6 rings (SSSR count). The van der Waals surface area contributed by atoms with Gasteiger partial charge < -0.3 is 45.1 Å². The maximum absolute atomic E-state index is 13.2. The number of nitrogens with zero attached hydrogens (tertiary/aromatic N) is 6. The Morgan fingerprint density at radius 3 is 2.67 bits per heavy atom. The van der Waals surface area contributed by atoms with Crippen molar-refractivity contribution >= 4 is 44.4 Å². The van der Waals surface area contributed by atoms with Crippen molar-refractivity contribution < 1.29 is 52.5 Å². The fourth-order valence-corrected chi connectivity index (χ4v) is 6.13. The number of hydrogen-bond acceptors (Lipinski definition) is 16. The van der Waals surface area contributed by atoms with Gasteiger partial charge in [-0.15, -0.1) is 0 Å². The van der Waals surface area contributed by atoms with Crippen LogP contribution in [-0.4, -0.2) is 101 Å². The van der Waals surface area contributed by atoms with Crippen molar-refractivity contribution in [1.29, 1.82) is 0 Å². The number of aromatic nitrogens is 8. The Labute approximate surface area is 237 Å². The largest absolute Gasteiger partial charge is 0.472 e. The zero-order valence-electron chi connectivity index (χ0n) is 21.4. The molecule has 3 unspecified atom stereocenters. The first-order valence-electron chi connectivity index (χ1n) is 12.2. The first kappa shape index (κ1) is 29.7. The lowest BCUT2D eigenvalue weighted by Crippen LogP contribution is -2.41. The molecule has 232 valence electrons. The van der Waals surface area contributed by atoms with Gasteiger partial charge in [0.2, 0.25) is 5.95 Å². The number of ether oxygens (including phenoxy) is 1. The van der Waals surface area contributed by atoms with Gasteiger partial charge in [-0.05, 0) is 0 Å². The number of imidazole rings is 2. The number of aliphatic hydroxyl groups is 3. The summed E-state index contributed by atoms with van der Waals surface area (Å²) in [5.41, 5.74) is -0.972. The molecule has 0 spiro atoms. The van der Waals surface area contributed by atoms with Crippen LogP contribution in [0.1, 0.15) is 12.6 Å². The number of fused-ring (bicyclic) bond motifs is 3. The number of hydrogen-bond donors (Lipinski definition) is 8. The molecule has 0 bridgehead atoms. The maximum Gasteiger partial charge on any atom is 0.472 e. The average Bonchev–Trinajstić information content (AvgIpc) is 3.39. The molecule has 1 aliphatic carbocycles. The van der Waals surface area contributed by atoms with Crippen molar-refractivity contribution in [1.82, 2.24) is 39.0 Å². The van der Waals surface area contributed by atoms with Crippen molar-refractivity contribution in [3.63, 3.8) is 0 Å². The molecule has 8 atom stereocenters. The number of aliphatic hydroxyl groups excluding tert-OH is 1. The zero-order chi connectivity index (χ0) is 30.9. The minimum Gasteiger partial charge on any atom is -0.387 e. The van der Waals surface area contributed by atoms with E-state index in [1.54, 1.807) is 0 Å². The Balaban J connectivity index is 1.28.